The van der Waals surface area contributed by atoms with Gasteiger partial charge in [-0.1, -0.05) is 12.1 Å². The number of β-lactam (4-membered cyclic amide) rings is 1. The van der Waals surface area contributed by atoms with Crippen molar-refractivity contribution < 1.29 is 4.79 Å². The van der Waals surface area contributed by atoms with Gasteiger partial charge in [-0.05, 0) is 18.6 Å². The van der Waals surface area contributed by atoms with Gasteiger partial charge in [-0.2, -0.15) is 0 Å². The van der Waals surface area contributed by atoms with Crippen molar-refractivity contribution in [3.05, 3.63) is 24.3 Å². The fourth-order valence-corrected chi connectivity index (χ4v) is 2.25. The maximum absolute atomic E-state index is 11.5. The van der Waals surface area contributed by atoms with Crippen molar-refractivity contribution >= 4 is 17.3 Å². The number of hydrogen-bond acceptors (Lipinski definition) is 2. The first-order chi connectivity index (χ1) is 6.86. The van der Waals surface area contributed by atoms with Gasteiger partial charge in [0.05, 0.1) is 11.4 Å². The molecular formula is C11H12N2O. The maximum Gasteiger partial charge on any atom is 0.229 e. The predicted molar refractivity (Wildman–Crippen MR) is 55.4 cm³/mol. The van der Waals surface area contributed by atoms with Gasteiger partial charge in [-0.3, -0.25) is 4.79 Å². The van der Waals surface area contributed by atoms with Crippen molar-refractivity contribution in [3.63, 3.8) is 0 Å². The molecule has 0 aliphatic carbocycles. The van der Waals surface area contributed by atoms with E-state index in [1.807, 2.05) is 29.2 Å². The maximum atomic E-state index is 11.5. The highest BCUT2D eigenvalue weighted by Gasteiger charge is 2.38. The quantitative estimate of drug-likeness (QED) is 0.627. The Morgan fingerprint density at radius 1 is 1.36 bits per heavy atom. The average molecular weight is 188 g/mol. The van der Waals surface area contributed by atoms with Crippen LogP contribution < -0.4 is 10.2 Å². The lowest BCUT2D eigenvalue weighted by Gasteiger charge is -2.39. The topological polar surface area (TPSA) is 32.3 Å². The lowest BCUT2D eigenvalue weighted by atomic mass is 9.98. The van der Waals surface area contributed by atoms with Crippen molar-refractivity contribution in [2.24, 2.45) is 0 Å². The molecule has 14 heavy (non-hydrogen) atoms. The standard InChI is InChI=1S/C11H12N2O/c14-11-7-8-5-6-12-9-3-1-2-4-10(9)13(8)11/h1-4,8,12H,5-7H2. The van der Waals surface area contributed by atoms with Gasteiger partial charge in [0.2, 0.25) is 5.91 Å². The van der Waals surface area contributed by atoms with Crippen LogP contribution in [0.1, 0.15) is 12.8 Å². The van der Waals surface area contributed by atoms with Gasteiger partial charge in [0.15, 0.2) is 0 Å². The monoisotopic (exact) mass is 188 g/mol. The van der Waals surface area contributed by atoms with E-state index in [1.165, 1.54) is 0 Å². The largest absolute Gasteiger partial charge is 0.383 e. The Morgan fingerprint density at radius 3 is 3.07 bits per heavy atom. The molecule has 1 fully saturated rings. The molecule has 0 saturated carbocycles. The number of carbonyl (C=O) groups is 1. The van der Waals surface area contributed by atoms with Crippen LogP contribution in [-0.4, -0.2) is 18.5 Å². The second kappa shape index (κ2) is 2.74. The molecule has 0 bridgehead atoms. The third kappa shape index (κ3) is 0.953. The van der Waals surface area contributed by atoms with Crippen molar-refractivity contribution in [1.82, 2.24) is 0 Å². The third-order valence-corrected chi connectivity index (χ3v) is 3.00. The van der Waals surface area contributed by atoms with Crippen LogP contribution in [0.25, 0.3) is 0 Å². The highest BCUT2D eigenvalue weighted by Crippen LogP contribution is 2.37. The lowest BCUT2D eigenvalue weighted by Crippen LogP contribution is -2.52. The first kappa shape index (κ1) is 7.85. The molecule has 3 nitrogen and oxygen atoms in total. The first-order valence-electron chi connectivity index (χ1n) is 5.01. The van der Waals surface area contributed by atoms with Gasteiger partial charge in [-0.15, -0.1) is 0 Å². The van der Waals surface area contributed by atoms with Gasteiger partial charge in [0.25, 0.3) is 0 Å². The molecule has 72 valence electrons. The molecule has 1 saturated heterocycles. The molecule has 1 aromatic rings. The van der Waals surface area contributed by atoms with Crippen LogP contribution >= 0.6 is 0 Å². The van der Waals surface area contributed by atoms with E-state index >= 15 is 0 Å². The van der Waals surface area contributed by atoms with Crippen LogP contribution in [0, 0.1) is 0 Å². The molecule has 2 aliphatic rings. The van der Waals surface area contributed by atoms with Crippen molar-refractivity contribution in [2.45, 2.75) is 18.9 Å². The van der Waals surface area contributed by atoms with Crippen LogP contribution in [0.3, 0.4) is 0 Å². The first-order valence-corrected chi connectivity index (χ1v) is 5.01. The summed E-state index contributed by atoms with van der Waals surface area (Å²) in [6.07, 6.45) is 1.77. The number of hydrogen-bond donors (Lipinski definition) is 1. The Labute approximate surface area is 82.7 Å². The van der Waals surface area contributed by atoms with E-state index in [0.29, 0.717) is 6.04 Å². The van der Waals surface area contributed by atoms with Crippen LogP contribution in [-0.2, 0) is 4.79 Å². The van der Waals surface area contributed by atoms with Gasteiger partial charge in [0, 0.05) is 19.0 Å². The van der Waals surface area contributed by atoms with Crippen LogP contribution in [0.15, 0.2) is 24.3 Å². The molecule has 1 N–H and O–H groups in total. The van der Waals surface area contributed by atoms with E-state index in [9.17, 15) is 4.79 Å². The Bertz CT molecular complexity index is 389. The molecule has 0 radical (unpaired) electrons. The van der Waals surface area contributed by atoms with Gasteiger partial charge in [0.1, 0.15) is 0 Å². The Kier molecular flexibility index (Phi) is 1.54. The third-order valence-electron chi connectivity index (χ3n) is 3.00. The minimum Gasteiger partial charge on any atom is -0.383 e. The molecule has 0 aromatic heterocycles. The summed E-state index contributed by atoms with van der Waals surface area (Å²) in [6.45, 7) is 0.964. The Balaban J connectivity index is 2.08. The lowest BCUT2D eigenvalue weighted by molar-refractivity contribution is -0.124. The number of nitrogens with zero attached hydrogens (tertiary/aromatic N) is 1. The van der Waals surface area contributed by atoms with E-state index < -0.39 is 0 Å². The zero-order chi connectivity index (χ0) is 9.54. The molecule has 2 heterocycles. The van der Waals surface area contributed by atoms with Crippen molar-refractivity contribution in [1.29, 1.82) is 0 Å². The summed E-state index contributed by atoms with van der Waals surface area (Å²) in [4.78, 5) is 13.4. The molecule has 0 spiro atoms. The minimum absolute atomic E-state index is 0.256. The Hall–Kier alpha value is -1.51. The van der Waals surface area contributed by atoms with Crippen molar-refractivity contribution in [2.75, 3.05) is 16.8 Å². The number of anilines is 2. The highest BCUT2D eigenvalue weighted by molar-refractivity contribution is 6.03. The Morgan fingerprint density at radius 2 is 2.21 bits per heavy atom. The van der Waals surface area contributed by atoms with E-state index in [-0.39, 0.29) is 5.91 Å². The van der Waals surface area contributed by atoms with Crippen LogP contribution in [0.4, 0.5) is 11.4 Å². The summed E-state index contributed by atoms with van der Waals surface area (Å²) >= 11 is 0. The molecule has 2 aliphatic heterocycles. The molecule has 3 rings (SSSR count). The van der Waals surface area contributed by atoms with Gasteiger partial charge in [-0.25, -0.2) is 0 Å². The summed E-state index contributed by atoms with van der Waals surface area (Å²) in [5, 5.41) is 3.35. The van der Waals surface area contributed by atoms with Gasteiger partial charge >= 0.3 is 0 Å². The molecule has 1 atom stereocenters. The number of amides is 1. The second-order valence-corrected chi connectivity index (χ2v) is 3.85. The SMILES string of the molecule is O=C1CC2CCNc3ccccc3N12. The summed E-state index contributed by atoms with van der Waals surface area (Å²) in [6, 6.07) is 8.45. The molecule has 1 amide bonds. The second-order valence-electron chi connectivity index (χ2n) is 3.85. The highest BCUT2D eigenvalue weighted by atomic mass is 16.2. The number of carbonyl (C=O) groups excluding carboxylic acids is 1. The van der Waals surface area contributed by atoms with Crippen molar-refractivity contribution in [3.8, 4) is 0 Å². The molecule has 1 unspecified atom stereocenters. The molecule has 3 heteroatoms. The zero-order valence-corrected chi connectivity index (χ0v) is 7.86. The van der Waals surface area contributed by atoms with Crippen LogP contribution in [0.2, 0.25) is 0 Å². The number of fused-ring (bicyclic) bond motifs is 3. The fourth-order valence-electron chi connectivity index (χ4n) is 2.25. The summed E-state index contributed by atoms with van der Waals surface area (Å²) < 4.78 is 0. The number of benzene rings is 1. The molecule has 1 aromatic carbocycles. The van der Waals surface area contributed by atoms with E-state index in [2.05, 4.69) is 5.32 Å². The van der Waals surface area contributed by atoms with E-state index in [4.69, 9.17) is 0 Å². The van der Waals surface area contributed by atoms with Crippen LogP contribution in [0.5, 0.6) is 0 Å². The number of para-hydroxylation sites is 2. The predicted octanol–water partition coefficient (Wildman–Crippen LogP) is 1.61. The average Bonchev–Trinajstić information content (AvgIpc) is 2.32. The van der Waals surface area contributed by atoms with Gasteiger partial charge < -0.3 is 10.2 Å². The zero-order valence-electron chi connectivity index (χ0n) is 7.86. The summed E-state index contributed by atoms with van der Waals surface area (Å²) in [5.74, 6) is 0.256. The summed E-state index contributed by atoms with van der Waals surface area (Å²) in [7, 11) is 0. The van der Waals surface area contributed by atoms with E-state index in [1.54, 1.807) is 0 Å². The normalized spacial score (nSPS) is 24.1. The number of nitrogens with one attached hydrogen (secondary N) is 1. The number of rotatable bonds is 0. The fraction of sp³-hybridized carbons (Fsp3) is 0.364. The smallest absolute Gasteiger partial charge is 0.229 e. The summed E-state index contributed by atoms with van der Waals surface area (Å²) in [5.41, 5.74) is 2.13. The van der Waals surface area contributed by atoms with E-state index in [0.717, 1.165) is 30.8 Å². The molecular weight excluding hydrogens is 176 g/mol. The minimum atomic E-state index is 0.256.